The molecule has 0 amide bonds. The fraction of sp³-hybridized carbons (Fsp3) is 0.688. The highest BCUT2D eigenvalue weighted by Crippen LogP contribution is 2.03. The minimum atomic E-state index is -0.443. The fourth-order valence-electron chi connectivity index (χ4n) is 1.42. The zero-order chi connectivity index (χ0) is 13.5. The Morgan fingerprint density at radius 1 is 0.889 bits per heavy atom. The van der Waals surface area contributed by atoms with Crippen molar-refractivity contribution in [3.63, 3.8) is 0 Å². The van der Waals surface area contributed by atoms with Crippen molar-refractivity contribution in [2.75, 3.05) is 6.61 Å². The van der Waals surface area contributed by atoms with Gasteiger partial charge in [0.05, 0.1) is 6.61 Å². The number of hydrogen-bond donors (Lipinski definition) is 0. The molecule has 0 heterocycles. The third kappa shape index (κ3) is 12.7. The van der Waals surface area contributed by atoms with Gasteiger partial charge in [-0.2, -0.15) is 0 Å². The Morgan fingerprint density at radius 2 is 1.56 bits per heavy atom. The lowest BCUT2D eigenvalue weighted by Gasteiger charge is -1.94. The van der Waals surface area contributed by atoms with Crippen LogP contribution in [-0.2, 0) is 9.53 Å². The number of carbonyl (C=O) groups excluding carboxylic acids is 1. The van der Waals surface area contributed by atoms with E-state index in [1.165, 1.54) is 32.1 Å². The second kappa shape index (κ2) is 13.7. The van der Waals surface area contributed by atoms with Crippen LogP contribution in [0.5, 0.6) is 0 Å². The Labute approximate surface area is 111 Å². The lowest BCUT2D eigenvalue weighted by atomic mass is 10.1. The van der Waals surface area contributed by atoms with Crippen LogP contribution in [0, 0.1) is 23.7 Å². The third-order valence-electron chi connectivity index (χ3n) is 2.37. The fourth-order valence-corrected chi connectivity index (χ4v) is 1.42. The standard InChI is InChI=1S/C16H24O2/c1-3-5-6-7-8-9-10-11-12-13-14-15-16(17)18-4-2/h3-9,12-13H2,1-2H3. The predicted molar refractivity (Wildman–Crippen MR) is 74.8 cm³/mol. The summed E-state index contributed by atoms with van der Waals surface area (Å²) >= 11 is 0. The van der Waals surface area contributed by atoms with Crippen molar-refractivity contribution < 1.29 is 9.53 Å². The normalized spacial score (nSPS) is 8.78. The van der Waals surface area contributed by atoms with Gasteiger partial charge in [-0.05, 0) is 13.3 Å². The van der Waals surface area contributed by atoms with Crippen LogP contribution in [-0.4, -0.2) is 12.6 Å². The molecule has 0 aliphatic carbocycles. The first-order valence-corrected chi connectivity index (χ1v) is 6.92. The van der Waals surface area contributed by atoms with Gasteiger partial charge < -0.3 is 4.74 Å². The molecule has 2 nitrogen and oxygen atoms in total. The van der Waals surface area contributed by atoms with E-state index in [-0.39, 0.29) is 0 Å². The lowest BCUT2D eigenvalue weighted by Crippen LogP contribution is -1.99. The molecular weight excluding hydrogens is 224 g/mol. The van der Waals surface area contributed by atoms with Gasteiger partial charge in [-0.1, -0.05) is 38.5 Å². The van der Waals surface area contributed by atoms with E-state index in [9.17, 15) is 4.79 Å². The number of carbonyl (C=O) groups is 1. The van der Waals surface area contributed by atoms with Gasteiger partial charge in [0.15, 0.2) is 0 Å². The van der Waals surface area contributed by atoms with Crippen molar-refractivity contribution in [1.29, 1.82) is 0 Å². The van der Waals surface area contributed by atoms with Crippen molar-refractivity contribution in [3.8, 4) is 23.7 Å². The van der Waals surface area contributed by atoms with Gasteiger partial charge in [0.1, 0.15) is 0 Å². The van der Waals surface area contributed by atoms with Gasteiger partial charge in [-0.15, -0.1) is 11.8 Å². The smallest absolute Gasteiger partial charge is 0.384 e. The second-order valence-corrected chi connectivity index (χ2v) is 4.04. The van der Waals surface area contributed by atoms with Crippen molar-refractivity contribution in [2.45, 2.75) is 65.2 Å². The molecule has 0 rings (SSSR count). The first kappa shape index (κ1) is 16.6. The van der Waals surface area contributed by atoms with Crippen molar-refractivity contribution >= 4 is 5.97 Å². The number of esters is 1. The van der Waals surface area contributed by atoms with E-state index in [1.54, 1.807) is 6.92 Å². The molecule has 0 spiro atoms. The van der Waals surface area contributed by atoms with Crippen LogP contribution in [0.4, 0.5) is 0 Å². The molecular formula is C16H24O2. The van der Waals surface area contributed by atoms with Crippen LogP contribution in [0.15, 0.2) is 0 Å². The molecule has 0 fully saturated rings. The second-order valence-electron chi connectivity index (χ2n) is 4.04. The predicted octanol–water partition coefficient (Wildman–Crippen LogP) is 3.70. The minimum Gasteiger partial charge on any atom is -0.456 e. The number of ether oxygens (including phenoxy) is 1. The van der Waals surface area contributed by atoms with Crippen LogP contribution < -0.4 is 0 Å². The van der Waals surface area contributed by atoms with Gasteiger partial charge in [-0.3, -0.25) is 0 Å². The van der Waals surface area contributed by atoms with Crippen LogP contribution in [0.3, 0.4) is 0 Å². The van der Waals surface area contributed by atoms with Crippen LogP contribution in [0.25, 0.3) is 0 Å². The zero-order valence-corrected chi connectivity index (χ0v) is 11.7. The zero-order valence-electron chi connectivity index (χ0n) is 11.7. The van der Waals surface area contributed by atoms with E-state index in [2.05, 4.69) is 35.3 Å². The van der Waals surface area contributed by atoms with Crippen LogP contribution >= 0.6 is 0 Å². The highest BCUT2D eigenvalue weighted by molar-refractivity contribution is 5.88. The third-order valence-corrected chi connectivity index (χ3v) is 2.37. The maximum Gasteiger partial charge on any atom is 0.384 e. The topological polar surface area (TPSA) is 26.3 Å². The van der Waals surface area contributed by atoms with Gasteiger partial charge >= 0.3 is 5.97 Å². The summed E-state index contributed by atoms with van der Waals surface area (Å²) in [6.07, 6.45) is 8.77. The molecule has 0 aromatic rings. The Hall–Kier alpha value is -1.41. The molecule has 0 radical (unpaired) electrons. The molecule has 0 aliphatic heterocycles. The van der Waals surface area contributed by atoms with Gasteiger partial charge in [0.2, 0.25) is 0 Å². The van der Waals surface area contributed by atoms with Crippen molar-refractivity contribution in [3.05, 3.63) is 0 Å². The molecule has 0 aromatic heterocycles. The lowest BCUT2D eigenvalue weighted by molar-refractivity contribution is -0.136. The van der Waals surface area contributed by atoms with Crippen LogP contribution in [0.2, 0.25) is 0 Å². The summed E-state index contributed by atoms with van der Waals surface area (Å²) in [5, 5.41) is 0. The molecule has 0 unspecified atom stereocenters. The van der Waals surface area contributed by atoms with E-state index in [1.807, 2.05) is 0 Å². The van der Waals surface area contributed by atoms with Crippen LogP contribution in [0.1, 0.15) is 65.2 Å². The summed E-state index contributed by atoms with van der Waals surface area (Å²) in [5.74, 6) is 11.0. The van der Waals surface area contributed by atoms with Gasteiger partial charge in [0, 0.05) is 25.2 Å². The van der Waals surface area contributed by atoms with E-state index >= 15 is 0 Å². The Bertz CT molecular complexity index is 322. The van der Waals surface area contributed by atoms with Crippen molar-refractivity contribution in [1.82, 2.24) is 0 Å². The molecule has 0 aromatic carbocycles. The summed E-state index contributed by atoms with van der Waals surface area (Å²) < 4.78 is 4.69. The molecule has 2 heteroatoms. The number of rotatable bonds is 7. The molecule has 0 atom stereocenters. The van der Waals surface area contributed by atoms with Crippen molar-refractivity contribution in [2.24, 2.45) is 0 Å². The number of unbranched alkanes of at least 4 members (excludes halogenated alkanes) is 6. The van der Waals surface area contributed by atoms with E-state index in [0.717, 1.165) is 12.8 Å². The van der Waals surface area contributed by atoms with E-state index in [4.69, 9.17) is 0 Å². The molecule has 18 heavy (non-hydrogen) atoms. The average Bonchev–Trinajstić information content (AvgIpc) is 2.36. The van der Waals surface area contributed by atoms with Gasteiger partial charge in [0.25, 0.3) is 0 Å². The molecule has 0 aliphatic rings. The maximum atomic E-state index is 10.9. The molecule has 100 valence electrons. The highest BCUT2D eigenvalue weighted by Gasteiger charge is 1.90. The first-order valence-electron chi connectivity index (χ1n) is 6.92. The summed E-state index contributed by atoms with van der Waals surface area (Å²) in [4.78, 5) is 10.9. The molecule has 0 bridgehead atoms. The molecule has 0 N–H and O–H groups in total. The molecule has 0 saturated heterocycles. The molecule has 0 saturated carbocycles. The van der Waals surface area contributed by atoms with E-state index in [0.29, 0.717) is 13.0 Å². The first-order chi connectivity index (χ1) is 8.81. The quantitative estimate of drug-likeness (QED) is 0.297. The Morgan fingerprint density at radius 3 is 2.28 bits per heavy atom. The van der Waals surface area contributed by atoms with Gasteiger partial charge in [-0.25, -0.2) is 4.79 Å². The summed E-state index contributed by atoms with van der Waals surface area (Å²) in [6, 6.07) is 0. The summed E-state index contributed by atoms with van der Waals surface area (Å²) in [6.45, 7) is 4.37. The Kier molecular flexibility index (Phi) is 12.6. The summed E-state index contributed by atoms with van der Waals surface area (Å²) in [7, 11) is 0. The van der Waals surface area contributed by atoms with E-state index < -0.39 is 5.97 Å². The summed E-state index contributed by atoms with van der Waals surface area (Å²) in [5.41, 5.74) is 0. The SMILES string of the molecule is CCCCCCCC#CCCC#CC(=O)OCC. The number of hydrogen-bond acceptors (Lipinski definition) is 2. The Balaban J connectivity index is 3.41. The highest BCUT2D eigenvalue weighted by atomic mass is 16.5. The monoisotopic (exact) mass is 248 g/mol. The minimum absolute atomic E-state index is 0.380. The largest absolute Gasteiger partial charge is 0.456 e. The maximum absolute atomic E-state index is 10.9. The average molecular weight is 248 g/mol.